The van der Waals surface area contributed by atoms with Gasteiger partial charge >= 0.3 is 5.69 Å². The maximum Gasteiger partial charge on any atom is 0.320 e. The van der Waals surface area contributed by atoms with E-state index in [1.807, 2.05) is 0 Å². The van der Waals surface area contributed by atoms with Gasteiger partial charge in [-0.2, -0.15) is 5.10 Å². The number of alkyl halides is 1. The molecule has 0 saturated carbocycles. The number of rotatable bonds is 4. The number of hydrogen-bond donors (Lipinski definition) is 1. The predicted octanol–water partition coefficient (Wildman–Crippen LogP) is 0.285. The average molecular weight is 263 g/mol. The van der Waals surface area contributed by atoms with Crippen molar-refractivity contribution in [3.63, 3.8) is 0 Å². The lowest BCUT2D eigenvalue weighted by molar-refractivity contribution is -0.385. The molecule has 1 amide bonds. The first-order chi connectivity index (χ1) is 6.57. The van der Waals surface area contributed by atoms with E-state index in [0.29, 0.717) is 11.9 Å². The number of primary amides is 1. The molecule has 0 spiro atoms. The van der Waals surface area contributed by atoms with Crippen molar-refractivity contribution in [2.24, 2.45) is 5.73 Å². The second-order valence-corrected chi connectivity index (χ2v) is 3.20. The minimum Gasteiger partial charge on any atom is -0.364 e. The van der Waals surface area contributed by atoms with Crippen molar-refractivity contribution in [2.45, 2.75) is 6.54 Å². The topological polar surface area (TPSA) is 104 Å². The van der Waals surface area contributed by atoms with Gasteiger partial charge in [0.1, 0.15) is 6.20 Å². The number of nitrogens with zero attached hydrogens (tertiary/aromatic N) is 3. The van der Waals surface area contributed by atoms with Gasteiger partial charge in [0.2, 0.25) is 5.69 Å². The van der Waals surface area contributed by atoms with E-state index >= 15 is 0 Å². The summed E-state index contributed by atoms with van der Waals surface area (Å²) < 4.78 is 1.20. The van der Waals surface area contributed by atoms with E-state index in [4.69, 9.17) is 5.73 Å². The van der Waals surface area contributed by atoms with E-state index in [1.165, 1.54) is 4.68 Å². The average Bonchev–Trinajstić information content (AvgIpc) is 2.48. The van der Waals surface area contributed by atoms with Gasteiger partial charge in [-0.15, -0.1) is 0 Å². The number of aromatic nitrogens is 2. The zero-order chi connectivity index (χ0) is 10.7. The van der Waals surface area contributed by atoms with Crippen LogP contribution in [0.25, 0.3) is 0 Å². The van der Waals surface area contributed by atoms with Crippen molar-refractivity contribution in [3.8, 4) is 0 Å². The minimum absolute atomic E-state index is 0.172. The Morgan fingerprint density at radius 2 is 2.43 bits per heavy atom. The Morgan fingerprint density at radius 3 is 2.86 bits per heavy atom. The molecule has 0 bridgehead atoms. The molecule has 8 heteroatoms. The van der Waals surface area contributed by atoms with Gasteiger partial charge in [0, 0.05) is 5.33 Å². The molecule has 14 heavy (non-hydrogen) atoms. The number of nitrogens with two attached hydrogens (primary N) is 1. The molecule has 0 fully saturated rings. The summed E-state index contributed by atoms with van der Waals surface area (Å²) in [6, 6.07) is 0. The van der Waals surface area contributed by atoms with Gasteiger partial charge in [0.15, 0.2) is 0 Å². The molecule has 0 atom stereocenters. The maximum atomic E-state index is 10.9. The van der Waals surface area contributed by atoms with Crippen LogP contribution >= 0.6 is 15.9 Å². The third-order valence-corrected chi connectivity index (χ3v) is 1.90. The molecule has 1 aromatic rings. The molecule has 7 nitrogen and oxygen atoms in total. The number of carbonyl (C=O) groups is 1. The second kappa shape index (κ2) is 4.18. The fourth-order valence-electron chi connectivity index (χ4n) is 1.01. The Kier molecular flexibility index (Phi) is 3.18. The van der Waals surface area contributed by atoms with Crippen molar-refractivity contribution in [1.82, 2.24) is 9.78 Å². The molecule has 1 rings (SSSR count). The second-order valence-electron chi connectivity index (χ2n) is 2.41. The molecule has 0 aliphatic carbocycles. The van der Waals surface area contributed by atoms with Crippen LogP contribution in [0, 0.1) is 10.1 Å². The molecular weight excluding hydrogens is 256 g/mol. The lowest BCUT2D eigenvalue weighted by atomic mass is 10.3. The zero-order valence-electron chi connectivity index (χ0n) is 7.01. The van der Waals surface area contributed by atoms with Crippen molar-refractivity contribution >= 4 is 27.5 Å². The lowest BCUT2D eigenvalue weighted by Crippen LogP contribution is -2.19. The molecule has 1 aromatic heterocycles. The standard InChI is InChI=1S/C6H7BrN4O3/c7-1-2-10-5(6(8)12)4(3-9-10)11(13)14/h3H,1-2H2,(H2,8,12). The Bertz CT molecular complexity index is 375. The summed E-state index contributed by atoms with van der Waals surface area (Å²) >= 11 is 3.13. The SMILES string of the molecule is NC(=O)c1c([N+](=O)[O-])cnn1CCBr. The number of aryl methyl sites for hydroxylation is 1. The highest BCUT2D eigenvalue weighted by Crippen LogP contribution is 2.16. The molecule has 0 saturated heterocycles. The Morgan fingerprint density at radius 1 is 1.79 bits per heavy atom. The van der Waals surface area contributed by atoms with Gasteiger partial charge in [-0.25, -0.2) is 0 Å². The highest BCUT2D eigenvalue weighted by atomic mass is 79.9. The first kappa shape index (κ1) is 10.6. The summed E-state index contributed by atoms with van der Waals surface area (Å²) in [6.07, 6.45) is 1.02. The molecule has 0 unspecified atom stereocenters. The van der Waals surface area contributed by atoms with E-state index in [2.05, 4.69) is 21.0 Å². The van der Waals surface area contributed by atoms with E-state index < -0.39 is 10.8 Å². The zero-order valence-corrected chi connectivity index (χ0v) is 8.60. The summed E-state index contributed by atoms with van der Waals surface area (Å²) in [5.74, 6) is -0.852. The lowest BCUT2D eigenvalue weighted by Gasteiger charge is -2.00. The molecule has 2 N–H and O–H groups in total. The summed E-state index contributed by atoms with van der Waals surface area (Å²) in [7, 11) is 0. The Labute approximate surface area is 87.2 Å². The van der Waals surface area contributed by atoms with Crippen LogP contribution in [0.15, 0.2) is 6.20 Å². The predicted molar refractivity (Wildman–Crippen MR) is 51.2 cm³/mol. The minimum atomic E-state index is -0.852. The third-order valence-electron chi connectivity index (χ3n) is 1.55. The fraction of sp³-hybridized carbons (Fsp3) is 0.333. The number of halogens is 1. The van der Waals surface area contributed by atoms with Crippen LogP contribution in [0.3, 0.4) is 0 Å². The highest BCUT2D eigenvalue weighted by molar-refractivity contribution is 9.09. The number of nitro groups is 1. The molecule has 0 aliphatic heterocycles. The summed E-state index contributed by atoms with van der Waals surface area (Å²) in [5, 5.41) is 14.7. The quantitative estimate of drug-likeness (QED) is 0.478. The van der Waals surface area contributed by atoms with Gasteiger partial charge in [-0.1, -0.05) is 15.9 Å². The van der Waals surface area contributed by atoms with Crippen molar-refractivity contribution in [2.75, 3.05) is 5.33 Å². The molecule has 76 valence electrons. The van der Waals surface area contributed by atoms with Gasteiger partial charge in [0.05, 0.1) is 11.5 Å². The van der Waals surface area contributed by atoms with Gasteiger partial charge in [-0.05, 0) is 0 Å². The van der Waals surface area contributed by atoms with Crippen molar-refractivity contribution < 1.29 is 9.72 Å². The van der Waals surface area contributed by atoms with E-state index in [0.717, 1.165) is 6.20 Å². The first-order valence-electron chi connectivity index (χ1n) is 3.64. The summed E-state index contributed by atoms with van der Waals surface area (Å²) in [5.41, 5.74) is 4.47. The van der Waals surface area contributed by atoms with Crippen molar-refractivity contribution in [3.05, 3.63) is 22.0 Å². The molecule has 0 aromatic carbocycles. The van der Waals surface area contributed by atoms with Crippen LogP contribution in [-0.4, -0.2) is 25.9 Å². The molecule has 1 heterocycles. The normalized spacial score (nSPS) is 10.1. The molecular formula is C6H7BrN4O3. The molecule has 0 aliphatic rings. The van der Waals surface area contributed by atoms with Crippen LogP contribution in [0.2, 0.25) is 0 Å². The number of amides is 1. The smallest absolute Gasteiger partial charge is 0.320 e. The summed E-state index contributed by atoms with van der Waals surface area (Å²) in [6.45, 7) is 0.353. The Hall–Kier alpha value is -1.44. The van der Waals surface area contributed by atoms with Crippen LogP contribution in [0.4, 0.5) is 5.69 Å². The fourth-order valence-corrected chi connectivity index (χ4v) is 1.35. The van der Waals surface area contributed by atoms with Crippen molar-refractivity contribution in [1.29, 1.82) is 0 Å². The number of hydrogen-bond acceptors (Lipinski definition) is 4. The first-order valence-corrected chi connectivity index (χ1v) is 4.76. The number of carbonyl (C=O) groups excluding carboxylic acids is 1. The van der Waals surface area contributed by atoms with Gasteiger partial charge < -0.3 is 5.73 Å². The third kappa shape index (κ3) is 1.90. The van der Waals surface area contributed by atoms with Crippen LogP contribution < -0.4 is 5.73 Å². The van der Waals surface area contributed by atoms with Gasteiger partial charge in [-0.3, -0.25) is 19.6 Å². The maximum absolute atomic E-state index is 10.9. The Balaban J connectivity index is 3.20. The molecule has 0 radical (unpaired) electrons. The van der Waals surface area contributed by atoms with Crippen LogP contribution in [-0.2, 0) is 6.54 Å². The van der Waals surface area contributed by atoms with E-state index in [-0.39, 0.29) is 11.4 Å². The largest absolute Gasteiger partial charge is 0.364 e. The monoisotopic (exact) mass is 262 g/mol. The van der Waals surface area contributed by atoms with Crippen LogP contribution in [0.1, 0.15) is 10.5 Å². The van der Waals surface area contributed by atoms with E-state index in [9.17, 15) is 14.9 Å². The van der Waals surface area contributed by atoms with E-state index in [1.54, 1.807) is 0 Å². The van der Waals surface area contributed by atoms with Gasteiger partial charge in [0.25, 0.3) is 5.91 Å². The summed E-state index contributed by atoms with van der Waals surface area (Å²) in [4.78, 5) is 20.7. The highest BCUT2D eigenvalue weighted by Gasteiger charge is 2.24. The van der Waals surface area contributed by atoms with Crippen LogP contribution in [0.5, 0.6) is 0 Å².